The van der Waals surface area contributed by atoms with Gasteiger partial charge in [0, 0.05) is 54.7 Å². The highest BCUT2D eigenvalue weighted by molar-refractivity contribution is 6.64. The average molecular weight is 326 g/mol. The first-order chi connectivity index (χ1) is 9.57. The van der Waals surface area contributed by atoms with Crippen molar-refractivity contribution in [2.45, 2.75) is 31.7 Å². The third-order valence-electron chi connectivity index (χ3n) is 3.37. The number of hydrogen-bond acceptors (Lipinski definition) is 6. The Bertz CT molecular complexity index is 193. The van der Waals surface area contributed by atoms with Crippen LogP contribution >= 0.6 is 0 Å². The third-order valence-corrected chi connectivity index (χ3v) is 8.70. The summed E-state index contributed by atoms with van der Waals surface area (Å²) in [6.45, 7) is 0. The number of rotatable bonds is 13. The summed E-state index contributed by atoms with van der Waals surface area (Å²) in [5, 5.41) is 0. The largest absolute Gasteiger partial charge is 0.503 e. The van der Waals surface area contributed by atoms with E-state index in [2.05, 4.69) is 0 Å². The Hall–Kier alpha value is 0.194. The molecule has 0 spiro atoms. The van der Waals surface area contributed by atoms with Gasteiger partial charge in [0.1, 0.15) is 0 Å². The predicted octanol–water partition coefficient (Wildman–Crippen LogP) is 2.05. The fourth-order valence-corrected chi connectivity index (χ4v) is 5.35. The first kappa shape index (κ1) is 20.2. The van der Waals surface area contributed by atoms with Crippen molar-refractivity contribution in [3.63, 3.8) is 0 Å². The quantitative estimate of drug-likeness (QED) is 0.381. The minimum atomic E-state index is -2.53. The number of hydrogen-bond donors (Lipinski definition) is 0. The maximum atomic E-state index is 5.38. The van der Waals surface area contributed by atoms with Crippen LogP contribution in [0.5, 0.6) is 0 Å². The minimum Gasteiger partial charge on any atom is -0.377 e. The first-order valence-corrected chi connectivity index (χ1v) is 10.5. The summed E-state index contributed by atoms with van der Waals surface area (Å²) in [7, 11) is 4.84. The molecule has 0 aliphatic heterocycles. The highest BCUT2D eigenvalue weighted by Gasteiger charge is 2.38. The average Bonchev–Trinajstić information content (AvgIpc) is 2.52. The zero-order chi connectivity index (χ0) is 15.5. The van der Waals surface area contributed by atoms with E-state index in [0.717, 1.165) is 31.7 Å². The summed E-state index contributed by atoms with van der Waals surface area (Å²) in [6.07, 6.45) is 4.04. The Morgan fingerprint density at radius 1 is 0.650 bits per heavy atom. The summed E-state index contributed by atoms with van der Waals surface area (Å²) < 4.78 is 32.2. The molecule has 0 aliphatic carbocycles. The van der Waals surface area contributed by atoms with E-state index in [-0.39, 0.29) is 0 Å². The van der Waals surface area contributed by atoms with Gasteiger partial charge in [0.25, 0.3) is 0 Å². The smallest absolute Gasteiger partial charge is 0.377 e. The van der Waals surface area contributed by atoms with Crippen LogP contribution in [0, 0.1) is 6.04 Å². The van der Waals surface area contributed by atoms with Gasteiger partial charge in [-0.3, -0.25) is 0 Å². The van der Waals surface area contributed by atoms with E-state index in [1.165, 1.54) is 0 Å². The van der Waals surface area contributed by atoms with E-state index in [1.54, 1.807) is 42.7 Å². The molecule has 0 N–H and O–H groups in total. The molecular formula is C12H29O6Si2. The van der Waals surface area contributed by atoms with Crippen LogP contribution in [-0.4, -0.2) is 60.3 Å². The molecule has 0 aromatic rings. The van der Waals surface area contributed by atoms with Crippen molar-refractivity contribution in [3.05, 3.63) is 6.04 Å². The maximum Gasteiger partial charge on any atom is 0.503 e. The molecule has 20 heavy (non-hydrogen) atoms. The maximum absolute atomic E-state index is 5.38. The van der Waals surface area contributed by atoms with Gasteiger partial charge in [-0.1, -0.05) is 12.8 Å². The molecule has 0 fully saturated rings. The molecule has 1 radical (unpaired) electrons. The molecule has 0 unspecified atom stereocenters. The van der Waals surface area contributed by atoms with E-state index in [0.29, 0.717) is 0 Å². The van der Waals surface area contributed by atoms with Crippen molar-refractivity contribution in [2.75, 3.05) is 42.7 Å². The zero-order valence-electron chi connectivity index (χ0n) is 13.6. The summed E-state index contributed by atoms with van der Waals surface area (Å²) in [6, 6.07) is 2.86. The Kier molecular flexibility index (Phi) is 11.0. The second kappa shape index (κ2) is 10.9. The fraction of sp³-hybridized carbons (Fsp3) is 0.917. The summed E-state index contributed by atoms with van der Waals surface area (Å²) in [4.78, 5) is 0. The molecule has 121 valence electrons. The van der Waals surface area contributed by atoms with Crippen LogP contribution in [0.4, 0.5) is 0 Å². The monoisotopic (exact) mass is 325 g/mol. The third kappa shape index (κ3) is 6.31. The Morgan fingerprint density at radius 2 is 1.15 bits per heavy atom. The standard InChI is InChI=1S/C12H29O6Si2/c1-13-19(14-2,15-3)11-9-7-8-10-12-20(16-4,17-5)18-6/h11H,7-10,12H2,1-6H3. The predicted molar refractivity (Wildman–Crippen MR) is 81.1 cm³/mol. The normalized spacial score (nSPS) is 12.9. The molecule has 0 rings (SSSR count). The SMILES string of the molecule is CO[Si]([CH]CCCCC[Si](OC)(OC)OC)(OC)OC. The van der Waals surface area contributed by atoms with Crippen LogP contribution in [0.15, 0.2) is 0 Å². The fourth-order valence-electron chi connectivity index (χ4n) is 2.00. The second-order valence-corrected chi connectivity index (χ2v) is 10.2. The molecule has 0 atom stereocenters. The minimum absolute atomic E-state index is 0.831. The van der Waals surface area contributed by atoms with E-state index < -0.39 is 17.6 Å². The van der Waals surface area contributed by atoms with Gasteiger partial charge in [-0.25, -0.2) is 0 Å². The highest BCUT2D eigenvalue weighted by atomic mass is 28.4. The van der Waals surface area contributed by atoms with Crippen molar-refractivity contribution < 1.29 is 26.6 Å². The van der Waals surface area contributed by atoms with Gasteiger partial charge in [-0.05, 0) is 12.8 Å². The lowest BCUT2D eigenvalue weighted by Gasteiger charge is -2.25. The molecule has 0 amide bonds. The highest BCUT2D eigenvalue weighted by Crippen LogP contribution is 2.19. The van der Waals surface area contributed by atoms with Gasteiger partial charge < -0.3 is 26.6 Å². The summed E-state index contributed by atoms with van der Waals surface area (Å²) >= 11 is 0. The summed E-state index contributed by atoms with van der Waals surface area (Å²) in [5.74, 6) is 0. The lowest BCUT2D eigenvalue weighted by molar-refractivity contribution is 0.122. The zero-order valence-corrected chi connectivity index (χ0v) is 15.6. The van der Waals surface area contributed by atoms with Crippen LogP contribution < -0.4 is 0 Å². The van der Waals surface area contributed by atoms with E-state index in [9.17, 15) is 0 Å². The molecule has 0 heterocycles. The van der Waals surface area contributed by atoms with E-state index in [4.69, 9.17) is 26.6 Å². The van der Waals surface area contributed by atoms with Crippen molar-refractivity contribution in [2.24, 2.45) is 0 Å². The van der Waals surface area contributed by atoms with Crippen molar-refractivity contribution in [1.29, 1.82) is 0 Å². The van der Waals surface area contributed by atoms with Crippen LogP contribution in [0.25, 0.3) is 0 Å². The van der Waals surface area contributed by atoms with E-state index in [1.807, 2.05) is 6.04 Å². The molecule has 0 aliphatic rings. The summed E-state index contributed by atoms with van der Waals surface area (Å²) in [5.41, 5.74) is 0. The second-order valence-electron chi connectivity index (χ2n) is 4.31. The van der Waals surface area contributed by atoms with Crippen molar-refractivity contribution in [1.82, 2.24) is 0 Å². The molecule has 0 saturated heterocycles. The van der Waals surface area contributed by atoms with Crippen LogP contribution in [-0.2, 0) is 26.6 Å². The van der Waals surface area contributed by atoms with Gasteiger partial charge in [-0.15, -0.1) is 0 Å². The van der Waals surface area contributed by atoms with Crippen LogP contribution in [0.2, 0.25) is 6.04 Å². The molecular weight excluding hydrogens is 296 g/mol. The van der Waals surface area contributed by atoms with Gasteiger partial charge in [-0.2, -0.15) is 0 Å². The Labute approximate surface area is 125 Å². The molecule has 0 bridgehead atoms. The van der Waals surface area contributed by atoms with Gasteiger partial charge >= 0.3 is 17.6 Å². The van der Waals surface area contributed by atoms with Gasteiger partial charge in [0.15, 0.2) is 0 Å². The Morgan fingerprint density at radius 3 is 1.55 bits per heavy atom. The van der Waals surface area contributed by atoms with E-state index >= 15 is 0 Å². The van der Waals surface area contributed by atoms with Crippen LogP contribution in [0.3, 0.4) is 0 Å². The lowest BCUT2D eigenvalue weighted by Crippen LogP contribution is -2.43. The molecule has 0 aromatic carbocycles. The molecule has 6 nitrogen and oxygen atoms in total. The number of unbranched alkanes of at least 4 members (excludes halogenated alkanes) is 3. The van der Waals surface area contributed by atoms with Crippen LogP contribution in [0.1, 0.15) is 25.7 Å². The lowest BCUT2D eigenvalue weighted by atomic mass is 10.2. The van der Waals surface area contributed by atoms with Gasteiger partial charge in [0.2, 0.25) is 0 Å². The molecule has 0 saturated carbocycles. The Balaban J connectivity index is 3.87. The topological polar surface area (TPSA) is 55.4 Å². The van der Waals surface area contributed by atoms with Crippen molar-refractivity contribution >= 4 is 17.6 Å². The van der Waals surface area contributed by atoms with Gasteiger partial charge in [0.05, 0.1) is 0 Å². The van der Waals surface area contributed by atoms with Crippen molar-refractivity contribution in [3.8, 4) is 0 Å². The molecule has 8 heteroatoms. The first-order valence-electron chi connectivity index (χ1n) is 6.72. The molecule has 0 aromatic heterocycles.